The van der Waals surface area contributed by atoms with Crippen molar-refractivity contribution in [3.8, 4) is 11.3 Å². The van der Waals surface area contributed by atoms with Crippen LogP contribution in [0.3, 0.4) is 0 Å². The predicted octanol–water partition coefficient (Wildman–Crippen LogP) is 3.45. The van der Waals surface area contributed by atoms with E-state index in [1.807, 2.05) is 12.1 Å². The van der Waals surface area contributed by atoms with E-state index in [0.29, 0.717) is 28.7 Å². The van der Waals surface area contributed by atoms with E-state index in [2.05, 4.69) is 10.3 Å². The molecule has 0 spiro atoms. The van der Waals surface area contributed by atoms with Crippen molar-refractivity contribution in [1.29, 1.82) is 0 Å². The van der Waals surface area contributed by atoms with E-state index in [-0.39, 0.29) is 23.3 Å². The van der Waals surface area contributed by atoms with Crippen LogP contribution < -0.4 is 10.5 Å². The molecule has 7 nitrogen and oxygen atoms in total. The molecule has 0 radical (unpaired) electrons. The summed E-state index contributed by atoms with van der Waals surface area (Å²) in [7, 11) is -3.80. The number of hydrogen-bond donors (Lipinski definition) is 2. The number of nitrogens with two attached hydrogens (primary N) is 1. The van der Waals surface area contributed by atoms with Crippen LogP contribution >= 0.6 is 11.6 Å². The van der Waals surface area contributed by atoms with Crippen LogP contribution in [0.25, 0.3) is 11.3 Å². The highest BCUT2D eigenvalue weighted by atomic mass is 35.5. The van der Waals surface area contributed by atoms with Crippen molar-refractivity contribution < 1.29 is 17.6 Å². The Labute approximate surface area is 173 Å². The lowest BCUT2D eigenvalue weighted by Crippen LogP contribution is -2.27. The summed E-state index contributed by atoms with van der Waals surface area (Å²) in [6.07, 6.45) is 2.13. The maximum atomic E-state index is 12.3. The second kappa shape index (κ2) is 8.77. The Bertz CT molecular complexity index is 1110. The van der Waals surface area contributed by atoms with Crippen LogP contribution in [0, 0.1) is 0 Å². The van der Waals surface area contributed by atoms with Crippen molar-refractivity contribution in [2.75, 3.05) is 0 Å². The average molecular weight is 434 g/mol. The van der Waals surface area contributed by atoms with Crippen LogP contribution in [0.1, 0.15) is 30.8 Å². The first-order chi connectivity index (χ1) is 13.7. The summed E-state index contributed by atoms with van der Waals surface area (Å²) in [5.41, 5.74) is 1.49. The van der Waals surface area contributed by atoms with Gasteiger partial charge < -0.3 is 9.73 Å². The Morgan fingerprint density at radius 1 is 1.24 bits per heavy atom. The van der Waals surface area contributed by atoms with Crippen LogP contribution in [-0.4, -0.2) is 19.3 Å². The standard InChI is InChI=1S/C20H20ClN3O4S/c1-13(15-3-2-4-17(11-15)29(22,26)27)24-19(25)9-10-20-23-12-18(28-20)14-5-7-16(21)8-6-14/h2-8,11-13H,9-10H2,1H3,(H,24,25)(H2,22,26,27). The second-order valence-electron chi connectivity index (χ2n) is 6.53. The number of carbonyl (C=O) groups excluding carboxylic acids is 1. The fraction of sp³-hybridized carbons (Fsp3) is 0.200. The molecule has 3 aromatic rings. The summed E-state index contributed by atoms with van der Waals surface area (Å²) in [5.74, 6) is 0.851. The molecule has 1 unspecified atom stereocenters. The zero-order chi connectivity index (χ0) is 21.0. The number of aryl methyl sites for hydroxylation is 1. The topological polar surface area (TPSA) is 115 Å². The van der Waals surface area contributed by atoms with Gasteiger partial charge in [0.1, 0.15) is 0 Å². The van der Waals surface area contributed by atoms with Gasteiger partial charge in [0.25, 0.3) is 0 Å². The van der Waals surface area contributed by atoms with Gasteiger partial charge in [0.2, 0.25) is 15.9 Å². The van der Waals surface area contributed by atoms with Crippen LogP contribution in [0.2, 0.25) is 5.02 Å². The Morgan fingerprint density at radius 2 is 1.97 bits per heavy atom. The van der Waals surface area contributed by atoms with E-state index < -0.39 is 10.0 Å². The molecular weight excluding hydrogens is 414 g/mol. The first-order valence-electron chi connectivity index (χ1n) is 8.85. The van der Waals surface area contributed by atoms with E-state index in [1.54, 1.807) is 37.4 Å². The number of benzene rings is 2. The summed E-state index contributed by atoms with van der Waals surface area (Å²) >= 11 is 5.88. The molecule has 1 atom stereocenters. The van der Waals surface area contributed by atoms with E-state index >= 15 is 0 Å². The smallest absolute Gasteiger partial charge is 0.238 e. The number of sulfonamides is 1. The van der Waals surface area contributed by atoms with Crippen LogP contribution in [0.5, 0.6) is 0 Å². The van der Waals surface area contributed by atoms with Crippen molar-refractivity contribution in [2.24, 2.45) is 5.14 Å². The van der Waals surface area contributed by atoms with Crippen LogP contribution in [0.4, 0.5) is 0 Å². The molecule has 1 amide bonds. The summed E-state index contributed by atoms with van der Waals surface area (Å²) in [5, 5.41) is 8.62. The normalized spacial score (nSPS) is 12.5. The van der Waals surface area contributed by atoms with E-state index in [4.69, 9.17) is 21.2 Å². The monoisotopic (exact) mass is 433 g/mol. The molecule has 1 heterocycles. The molecule has 0 saturated carbocycles. The Kier molecular flexibility index (Phi) is 6.36. The first kappa shape index (κ1) is 21.0. The van der Waals surface area contributed by atoms with E-state index in [0.717, 1.165) is 5.56 Å². The lowest BCUT2D eigenvalue weighted by atomic mass is 10.1. The quantitative estimate of drug-likeness (QED) is 0.592. The van der Waals surface area contributed by atoms with E-state index in [1.165, 1.54) is 12.1 Å². The van der Waals surface area contributed by atoms with Crippen molar-refractivity contribution in [1.82, 2.24) is 10.3 Å². The van der Waals surface area contributed by atoms with Gasteiger partial charge >= 0.3 is 0 Å². The highest BCUT2D eigenvalue weighted by Crippen LogP contribution is 2.23. The van der Waals surface area contributed by atoms with Gasteiger partial charge in [0.15, 0.2) is 11.7 Å². The molecule has 0 aliphatic rings. The zero-order valence-electron chi connectivity index (χ0n) is 15.6. The van der Waals surface area contributed by atoms with Gasteiger partial charge in [0.05, 0.1) is 17.1 Å². The minimum atomic E-state index is -3.80. The molecule has 0 fully saturated rings. The number of oxazole rings is 1. The lowest BCUT2D eigenvalue weighted by Gasteiger charge is -2.15. The van der Waals surface area contributed by atoms with Crippen LogP contribution in [0.15, 0.2) is 64.0 Å². The van der Waals surface area contributed by atoms with Gasteiger partial charge in [-0.05, 0) is 48.9 Å². The second-order valence-corrected chi connectivity index (χ2v) is 8.53. The third-order valence-electron chi connectivity index (χ3n) is 4.31. The highest BCUT2D eigenvalue weighted by Gasteiger charge is 2.14. The fourth-order valence-electron chi connectivity index (χ4n) is 2.75. The number of hydrogen-bond acceptors (Lipinski definition) is 5. The van der Waals surface area contributed by atoms with Gasteiger partial charge in [-0.1, -0.05) is 23.7 Å². The van der Waals surface area contributed by atoms with Crippen molar-refractivity contribution >= 4 is 27.5 Å². The lowest BCUT2D eigenvalue weighted by molar-refractivity contribution is -0.121. The molecule has 0 aliphatic heterocycles. The molecule has 3 N–H and O–H groups in total. The third-order valence-corrected chi connectivity index (χ3v) is 5.48. The number of rotatable bonds is 7. The van der Waals surface area contributed by atoms with Gasteiger partial charge in [-0.3, -0.25) is 4.79 Å². The third kappa shape index (κ3) is 5.66. The molecule has 0 aliphatic carbocycles. The molecule has 1 aromatic heterocycles. The van der Waals surface area contributed by atoms with Gasteiger partial charge in [0, 0.05) is 23.4 Å². The number of nitrogens with zero attached hydrogens (tertiary/aromatic N) is 1. The van der Waals surface area contributed by atoms with Crippen molar-refractivity contribution in [2.45, 2.75) is 30.7 Å². The Hall–Kier alpha value is -2.68. The molecule has 3 rings (SSSR count). The largest absolute Gasteiger partial charge is 0.441 e. The minimum absolute atomic E-state index is 0.00520. The Balaban J connectivity index is 1.57. The predicted molar refractivity (Wildman–Crippen MR) is 110 cm³/mol. The van der Waals surface area contributed by atoms with Gasteiger partial charge in [-0.25, -0.2) is 18.5 Å². The number of amides is 1. The maximum Gasteiger partial charge on any atom is 0.238 e. The van der Waals surface area contributed by atoms with Crippen molar-refractivity contribution in [3.05, 3.63) is 71.2 Å². The zero-order valence-corrected chi connectivity index (χ0v) is 17.2. The first-order valence-corrected chi connectivity index (χ1v) is 10.8. The van der Waals surface area contributed by atoms with Crippen LogP contribution in [-0.2, 0) is 21.2 Å². The molecule has 0 saturated heterocycles. The number of primary sulfonamides is 1. The molecule has 29 heavy (non-hydrogen) atoms. The van der Waals surface area contributed by atoms with Gasteiger partial charge in [-0.15, -0.1) is 0 Å². The Morgan fingerprint density at radius 3 is 2.66 bits per heavy atom. The molecule has 152 valence electrons. The fourth-order valence-corrected chi connectivity index (χ4v) is 3.45. The minimum Gasteiger partial charge on any atom is -0.441 e. The van der Waals surface area contributed by atoms with Crippen molar-refractivity contribution in [3.63, 3.8) is 0 Å². The molecule has 0 bridgehead atoms. The maximum absolute atomic E-state index is 12.3. The van der Waals surface area contributed by atoms with Gasteiger partial charge in [-0.2, -0.15) is 0 Å². The number of halogens is 1. The van der Waals surface area contributed by atoms with E-state index in [9.17, 15) is 13.2 Å². The number of aromatic nitrogens is 1. The molecule has 2 aromatic carbocycles. The summed E-state index contributed by atoms with van der Waals surface area (Å²) < 4.78 is 28.6. The molecular formula is C20H20ClN3O4S. The average Bonchev–Trinajstić information content (AvgIpc) is 3.15. The summed E-state index contributed by atoms with van der Waals surface area (Å²) in [6, 6.07) is 13.0. The SMILES string of the molecule is CC(NC(=O)CCc1ncc(-c2ccc(Cl)cc2)o1)c1cccc(S(N)(=O)=O)c1. The number of nitrogens with one attached hydrogen (secondary N) is 1. The number of carbonyl (C=O) groups is 1. The summed E-state index contributed by atoms with van der Waals surface area (Å²) in [6.45, 7) is 1.77. The summed E-state index contributed by atoms with van der Waals surface area (Å²) in [4.78, 5) is 16.5. The highest BCUT2D eigenvalue weighted by molar-refractivity contribution is 7.89. The molecule has 9 heteroatoms.